The number of aliphatic carboxylic acids is 1. The summed E-state index contributed by atoms with van der Waals surface area (Å²) in [5.74, 6) is -4.73. The van der Waals surface area contributed by atoms with Crippen molar-refractivity contribution in [2.45, 2.75) is 70.3 Å². The van der Waals surface area contributed by atoms with Crippen molar-refractivity contribution in [1.82, 2.24) is 20.9 Å². The highest BCUT2D eigenvalue weighted by molar-refractivity contribution is 5.95. The number of fused-ring (bicyclic) bond motifs is 1. The zero-order valence-corrected chi connectivity index (χ0v) is 21.6. The summed E-state index contributed by atoms with van der Waals surface area (Å²) in [6.07, 6.45) is 0.104. The molecule has 13 heteroatoms. The predicted molar refractivity (Wildman–Crippen MR) is 138 cm³/mol. The van der Waals surface area contributed by atoms with Crippen molar-refractivity contribution in [1.29, 1.82) is 0 Å². The van der Waals surface area contributed by atoms with Gasteiger partial charge in [-0.25, -0.2) is 4.79 Å². The molecular formula is C25H36N6O7. The first-order valence-electron chi connectivity index (χ1n) is 12.2. The summed E-state index contributed by atoms with van der Waals surface area (Å²) in [6, 6.07) is 2.23. The molecule has 1 heterocycles. The number of para-hydroxylation sites is 1. The lowest BCUT2D eigenvalue weighted by molar-refractivity contribution is -0.143. The number of aromatic amines is 1. The van der Waals surface area contributed by atoms with Crippen LogP contribution in [0.25, 0.3) is 10.9 Å². The lowest BCUT2D eigenvalue weighted by Crippen LogP contribution is -2.61. The molecule has 0 fully saturated rings. The summed E-state index contributed by atoms with van der Waals surface area (Å²) in [5, 5.41) is 28.0. The molecule has 0 aliphatic rings. The Hall–Kier alpha value is -3.97. The average molecular weight is 533 g/mol. The highest BCUT2D eigenvalue weighted by Gasteiger charge is 2.34. The Balaban J connectivity index is 2.11. The van der Waals surface area contributed by atoms with E-state index in [0.29, 0.717) is 5.56 Å². The number of nitrogens with one attached hydrogen (secondary N) is 4. The Morgan fingerprint density at radius 3 is 2.13 bits per heavy atom. The second-order valence-corrected chi connectivity index (χ2v) is 9.53. The van der Waals surface area contributed by atoms with Gasteiger partial charge in [0.25, 0.3) is 0 Å². The third kappa shape index (κ3) is 8.28. The number of amides is 4. The molecule has 2 aromatic rings. The third-order valence-electron chi connectivity index (χ3n) is 6.06. The third-order valence-corrected chi connectivity index (χ3v) is 6.06. The number of primary amides is 1. The highest BCUT2D eigenvalue weighted by atomic mass is 16.4. The minimum atomic E-state index is -1.51. The van der Waals surface area contributed by atoms with Gasteiger partial charge < -0.3 is 42.6 Å². The van der Waals surface area contributed by atoms with Gasteiger partial charge in [-0.1, -0.05) is 32.0 Å². The Morgan fingerprint density at radius 2 is 1.55 bits per heavy atom. The first-order chi connectivity index (χ1) is 17.8. The molecule has 0 saturated carbocycles. The monoisotopic (exact) mass is 532 g/mol. The summed E-state index contributed by atoms with van der Waals surface area (Å²) in [4.78, 5) is 64.3. The number of hydrogen-bond donors (Lipinski definition) is 8. The minimum Gasteiger partial charge on any atom is -0.480 e. The van der Waals surface area contributed by atoms with E-state index in [0.717, 1.165) is 10.9 Å². The summed E-state index contributed by atoms with van der Waals surface area (Å²) in [5.41, 5.74) is 12.3. The molecule has 5 atom stereocenters. The van der Waals surface area contributed by atoms with E-state index in [9.17, 15) is 34.2 Å². The van der Waals surface area contributed by atoms with Crippen molar-refractivity contribution in [2.75, 3.05) is 0 Å². The largest absolute Gasteiger partial charge is 0.480 e. The maximum absolute atomic E-state index is 13.0. The van der Waals surface area contributed by atoms with E-state index in [1.54, 1.807) is 20.0 Å². The Morgan fingerprint density at radius 1 is 0.947 bits per heavy atom. The molecule has 0 radical (unpaired) electrons. The Kier molecular flexibility index (Phi) is 10.8. The number of carbonyl (C=O) groups excluding carboxylic acids is 4. The molecule has 13 nitrogen and oxygen atoms in total. The summed E-state index contributed by atoms with van der Waals surface area (Å²) < 4.78 is 0. The van der Waals surface area contributed by atoms with Crippen LogP contribution in [0.2, 0.25) is 0 Å². The van der Waals surface area contributed by atoms with Crippen LogP contribution in [0.5, 0.6) is 0 Å². The smallest absolute Gasteiger partial charge is 0.326 e. The summed E-state index contributed by atoms with van der Waals surface area (Å²) in [7, 11) is 0. The second-order valence-electron chi connectivity index (χ2n) is 9.53. The van der Waals surface area contributed by atoms with Crippen LogP contribution in [0.15, 0.2) is 30.5 Å². The van der Waals surface area contributed by atoms with Crippen molar-refractivity contribution in [2.24, 2.45) is 17.4 Å². The number of aliphatic hydroxyl groups is 1. The topological polar surface area (TPSA) is 230 Å². The molecule has 208 valence electrons. The molecule has 0 saturated heterocycles. The van der Waals surface area contributed by atoms with Crippen LogP contribution in [0, 0.1) is 5.92 Å². The first kappa shape index (κ1) is 30.3. The number of carboxylic acid groups (broad SMARTS) is 1. The number of aliphatic hydroxyl groups excluding tert-OH is 1. The van der Waals surface area contributed by atoms with Crippen LogP contribution in [0.4, 0.5) is 0 Å². The van der Waals surface area contributed by atoms with Gasteiger partial charge in [-0.2, -0.15) is 0 Å². The number of rotatable bonds is 14. The number of H-pyrrole nitrogens is 1. The Labute approximate surface area is 219 Å². The van der Waals surface area contributed by atoms with E-state index in [-0.39, 0.29) is 19.3 Å². The highest BCUT2D eigenvalue weighted by Crippen LogP contribution is 2.19. The number of nitrogens with two attached hydrogens (primary N) is 2. The average Bonchev–Trinajstić information content (AvgIpc) is 3.25. The molecule has 0 aliphatic heterocycles. The minimum absolute atomic E-state index is 0.0146. The number of carboxylic acids is 1. The number of carbonyl (C=O) groups is 5. The van der Waals surface area contributed by atoms with Crippen molar-refractivity contribution in [3.63, 3.8) is 0 Å². The SMILES string of the molecule is CC(C)C(NC(=O)C(N)CCC(N)=O)C(=O)NC(C(=O)NC(Cc1c[nH]c2ccccc12)C(=O)O)C(C)O. The summed E-state index contributed by atoms with van der Waals surface area (Å²) in [6.45, 7) is 4.57. The van der Waals surface area contributed by atoms with Crippen molar-refractivity contribution in [3.05, 3.63) is 36.0 Å². The molecule has 1 aromatic carbocycles. The fourth-order valence-corrected chi connectivity index (χ4v) is 3.85. The van der Waals surface area contributed by atoms with Crippen molar-refractivity contribution < 1.29 is 34.2 Å². The van der Waals surface area contributed by atoms with E-state index in [1.165, 1.54) is 6.92 Å². The lowest BCUT2D eigenvalue weighted by Gasteiger charge is -2.28. The molecule has 0 aliphatic carbocycles. The van der Waals surface area contributed by atoms with E-state index < -0.39 is 65.8 Å². The molecule has 4 amide bonds. The standard InChI is InChI=1S/C25H36N6O7/c1-12(2)20(30-22(34)16(26)8-9-19(27)33)23(35)31-21(13(3)32)24(36)29-18(25(37)38)10-14-11-28-17-7-5-4-6-15(14)17/h4-7,11-13,16,18,20-21,28,32H,8-10,26H2,1-3H3,(H2,27,33)(H,29,36)(H,30,34)(H,31,35)(H,37,38). The van der Waals surface area contributed by atoms with Crippen LogP contribution >= 0.6 is 0 Å². The molecule has 38 heavy (non-hydrogen) atoms. The number of hydrogen-bond acceptors (Lipinski definition) is 7. The van der Waals surface area contributed by atoms with E-state index in [2.05, 4.69) is 20.9 Å². The molecule has 0 bridgehead atoms. The van der Waals surface area contributed by atoms with E-state index in [1.807, 2.05) is 24.3 Å². The summed E-state index contributed by atoms with van der Waals surface area (Å²) >= 11 is 0. The second kappa shape index (κ2) is 13.5. The molecule has 2 rings (SSSR count). The van der Waals surface area contributed by atoms with E-state index >= 15 is 0 Å². The molecule has 1 aromatic heterocycles. The van der Waals surface area contributed by atoms with Crippen molar-refractivity contribution in [3.8, 4) is 0 Å². The lowest BCUT2D eigenvalue weighted by atomic mass is 10.0. The van der Waals surface area contributed by atoms with E-state index in [4.69, 9.17) is 11.5 Å². The van der Waals surface area contributed by atoms with Gasteiger partial charge in [0.2, 0.25) is 23.6 Å². The molecule has 5 unspecified atom stereocenters. The van der Waals surface area contributed by atoms with Gasteiger partial charge in [0.05, 0.1) is 12.1 Å². The van der Waals surface area contributed by atoms with Gasteiger partial charge in [-0.15, -0.1) is 0 Å². The van der Waals surface area contributed by atoms with Gasteiger partial charge in [-0.05, 0) is 30.9 Å². The zero-order chi connectivity index (χ0) is 28.6. The molecule has 10 N–H and O–H groups in total. The first-order valence-corrected chi connectivity index (χ1v) is 12.2. The fourth-order valence-electron chi connectivity index (χ4n) is 3.85. The van der Waals surface area contributed by atoms with Gasteiger partial charge in [0.15, 0.2) is 0 Å². The van der Waals surface area contributed by atoms with Crippen LogP contribution in [-0.4, -0.2) is 75.1 Å². The quantitative estimate of drug-likeness (QED) is 0.148. The van der Waals surface area contributed by atoms with Crippen LogP contribution in [0.3, 0.4) is 0 Å². The van der Waals surface area contributed by atoms with Gasteiger partial charge >= 0.3 is 5.97 Å². The van der Waals surface area contributed by atoms with Crippen LogP contribution in [0.1, 0.15) is 39.2 Å². The van der Waals surface area contributed by atoms with Crippen LogP contribution < -0.4 is 27.4 Å². The van der Waals surface area contributed by atoms with Gasteiger partial charge in [0, 0.05) is 29.9 Å². The zero-order valence-electron chi connectivity index (χ0n) is 21.6. The number of aromatic nitrogens is 1. The molecule has 0 spiro atoms. The Bertz CT molecular complexity index is 1160. The molecular weight excluding hydrogens is 496 g/mol. The van der Waals surface area contributed by atoms with Gasteiger partial charge in [-0.3, -0.25) is 19.2 Å². The van der Waals surface area contributed by atoms with Gasteiger partial charge in [0.1, 0.15) is 18.1 Å². The maximum atomic E-state index is 13.0. The maximum Gasteiger partial charge on any atom is 0.326 e. The van der Waals surface area contributed by atoms with Crippen molar-refractivity contribution >= 4 is 40.5 Å². The normalized spacial score (nSPS) is 15.2. The number of benzene rings is 1. The van der Waals surface area contributed by atoms with Crippen LogP contribution in [-0.2, 0) is 30.4 Å². The fraction of sp³-hybridized carbons (Fsp3) is 0.480. The predicted octanol–water partition coefficient (Wildman–Crippen LogP) is -1.12.